The molecule has 0 saturated heterocycles. The molecule has 0 bridgehead atoms. The molecule has 1 aromatic carbocycles. The third kappa shape index (κ3) is 2.00. The van der Waals surface area contributed by atoms with Gasteiger partial charge in [-0.05, 0) is 29.9 Å². The van der Waals surface area contributed by atoms with Crippen molar-refractivity contribution in [3.05, 3.63) is 29.3 Å². The maximum Gasteiger partial charge on any atom is 0.123 e. The molecule has 2 nitrogen and oxygen atoms in total. The minimum absolute atomic E-state index is 0.194. The summed E-state index contributed by atoms with van der Waals surface area (Å²) in [5, 5.41) is 8.92. The van der Waals surface area contributed by atoms with Crippen molar-refractivity contribution < 1.29 is 9.84 Å². The van der Waals surface area contributed by atoms with E-state index in [1.807, 2.05) is 12.1 Å². The number of aliphatic hydroxyl groups is 1. The quantitative estimate of drug-likeness (QED) is 0.804. The number of hydrogen-bond donors (Lipinski definition) is 1. The second-order valence-electron chi connectivity index (χ2n) is 4.79. The molecule has 0 spiro atoms. The van der Waals surface area contributed by atoms with Crippen LogP contribution in [0.5, 0.6) is 5.75 Å². The summed E-state index contributed by atoms with van der Waals surface area (Å²) in [6.07, 6.45) is 1.78. The number of benzene rings is 1. The molecule has 2 rings (SSSR count). The topological polar surface area (TPSA) is 29.5 Å². The summed E-state index contributed by atoms with van der Waals surface area (Å²) in [4.78, 5) is 0. The Bertz CT molecular complexity index is 356. The fourth-order valence-electron chi connectivity index (χ4n) is 2.07. The van der Waals surface area contributed by atoms with E-state index in [2.05, 4.69) is 19.9 Å². The van der Waals surface area contributed by atoms with E-state index >= 15 is 0 Å². The summed E-state index contributed by atoms with van der Waals surface area (Å²) >= 11 is 0. The van der Waals surface area contributed by atoms with Crippen LogP contribution in [0, 0.1) is 0 Å². The SMILES string of the molecule is CC1(C)CCOc2ccc(CCO)cc21. The average Bonchev–Trinajstić information content (AvgIpc) is 2.19. The van der Waals surface area contributed by atoms with Crippen LogP contribution in [0.1, 0.15) is 31.4 Å². The van der Waals surface area contributed by atoms with Crippen LogP contribution in [0.2, 0.25) is 0 Å². The molecule has 0 atom stereocenters. The summed E-state index contributed by atoms with van der Waals surface area (Å²) in [7, 11) is 0. The van der Waals surface area contributed by atoms with Crippen molar-refractivity contribution in [3.8, 4) is 5.75 Å². The second-order valence-corrected chi connectivity index (χ2v) is 4.79. The van der Waals surface area contributed by atoms with E-state index < -0.39 is 0 Å². The average molecular weight is 206 g/mol. The van der Waals surface area contributed by atoms with Crippen LogP contribution in [-0.2, 0) is 11.8 Å². The first-order valence-corrected chi connectivity index (χ1v) is 5.50. The van der Waals surface area contributed by atoms with Crippen molar-refractivity contribution in [1.29, 1.82) is 0 Å². The molecular weight excluding hydrogens is 188 g/mol. The van der Waals surface area contributed by atoms with Gasteiger partial charge in [0.2, 0.25) is 0 Å². The largest absolute Gasteiger partial charge is 0.493 e. The van der Waals surface area contributed by atoms with Crippen molar-refractivity contribution in [2.75, 3.05) is 13.2 Å². The highest BCUT2D eigenvalue weighted by Crippen LogP contribution is 2.38. The van der Waals surface area contributed by atoms with E-state index in [0.29, 0.717) is 0 Å². The first-order valence-electron chi connectivity index (χ1n) is 5.50. The Morgan fingerprint density at radius 2 is 2.20 bits per heavy atom. The summed E-state index contributed by atoms with van der Waals surface area (Å²) in [5.74, 6) is 1.01. The lowest BCUT2D eigenvalue weighted by Gasteiger charge is -2.32. The van der Waals surface area contributed by atoms with Gasteiger partial charge in [0, 0.05) is 12.2 Å². The molecule has 0 aliphatic carbocycles. The van der Waals surface area contributed by atoms with Gasteiger partial charge in [-0.1, -0.05) is 26.0 Å². The number of ether oxygens (including phenoxy) is 1. The molecule has 0 saturated carbocycles. The molecule has 1 aliphatic rings. The fraction of sp³-hybridized carbons (Fsp3) is 0.538. The maximum atomic E-state index is 8.92. The zero-order chi connectivity index (χ0) is 10.9. The molecule has 1 heterocycles. The van der Waals surface area contributed by atoms with E-state index in [9.17, 15) is 0 Å². The maximum absolute atomic E-state index is 8.92. The van der Waals surface area contributed by atoms with Crippen molar-refractivity contribution in [1.82, 2.24) is 0 Å². The first kappa shape index (κ1) is 10.5. The first-order chi connectivity index (χ1) is 7.13. The third-order valence-corrected chi connectivity index (χ3v) is 3.16. The van der Waals surface area contributed by atoms with Gasteiger partial charge in [-0.2, -0.15) is 0 Å². The summed E-state index contributed by atoms with van der Waals surface area (Å²) in [6, 6.07) is 6.24. The predicted octanol–water partition coefficient (Wildman–Crippen LogP) is 2.28. The number of hydrogen-bond acceptors (Lipinski definition) is 2. The Labute approximate surface area is 90.9 Å². The van der Waals surface area contributed by atoms with Crippen molar-refractivity contribution >= 4 is 0 Å². The van der Waals surface area contributed by atoms with Crippen molar-refractivity contribution in [2.24, 2.45) is 0 Å². The highest BCUT2D eigenvalue weighted by atomic mass is 16.5. The molecule has 0 amide bonds. The molecule has 0 unspecified atom stereocenters. The van der Waals surface area contributed by atoms with Crippen LogP contribution < -0.4 is 4.74 Å². The van der Waals surface area contributed by atoms with Crippen LogP contribution in [0.4, 0.5) is 0 Å². The normalized spacial score (nSPS) is 18.1. The Hall–Kier alpha value is -1.02. The van der Waals surface area contributed by atoms with E-state index in [1.54, 1.807) is 0 Å². The third-order valence-electron chi connectivity index (χ3n) is 3.16. The highest BCUT2D eigenvalue weighted by molar-refractivity contribution is 5.43. The van der Waals surface area contributed by atoms with Gasteiger partial charge in [0.25, 0.3) is 0 Å². The van der Waals surface area contributed by atoms with Gasteiger partial charge in [0.1, 0.15) is 5.75 Å². The molecule has 0 fully saturated rings. The molecule has 1 aliphatic heterocycles. The van der Waals surface area contributed by atoms with Gasteiger partial charge in [-0.15, -0.1) is 0 Å². The van der Waals surface area contributed by atoms with E-state index in [-0.39, 0.29) is 12.0 Å². The molecule has 0 aromatic heterocycles. The minimum atomic E-state index is 0.194. The van der Waals surface area contributed by atoms with Gasteiger partial charge < -0.3 is 9.84 Å². The zero-order valence-electron chi connectivity index (χ0n) is 9.42. The van der Waals surface area contributed by atoms with Crippen LogP contribution in [0.25, 0.3) is 0 Å². The lowest BCUT2D eigenvalue weighted by molar-refractivity contribution is 0.233. The van der Waals surface area contributed by atoms with E-state index in [0.717, 1.165) is 25.2 Å². The van der Waals surface area contributed by atoms with Crippen molar-refractivity contribution in [3.63, 3.8) is 0 Å². The number of rotatable bonds is 2. The standard InChI is InChI=1S/C13H18O2/c1-13(2)6-8-15-12-4-3-10(5-7-14)9-11(12)13/h3-4,9,14H,5-8H2,1-2H3. The zero-order valence-corrected chi connectivity index (χ0v) is 9.42. The predicted molar refractivity (Wildman–Crippen MR) is 60.4 cm³/mol. The molecule has 15 heavy (non-hydrogen) atoms. The van der Waals surface area contributed by atoms with Gasteiger partial charge in [-0.3, -0.25) is 0 Å². The molecule has 1 N–H and O–H groups in total. The molecular formula is C13H18O2. The lowest BCUT2D eigenvalue weighted by atomic mass is 9.79. The lowest BCUT2D eigenvalue weighted by Crippen LogP contribution is -2.26. The summed E-state index contributed by atoms with van der Waals surface area (Å²) < 4.78 is 5.63. The Morgan fingerprint density at radius 3 is 2.93 bits per heavy atom. The van der Waals surface area contributed by atoms with E-state index in [1.165, 1.54) is 11.1 Å². The second kappa shape index (κ2) is 3.86. The van der Waals surface area contributed by atoms with E-state index in [4.69, 9.17) is 9.84 Å². The molecule has 2 heteroatoms. The van der Waals surface area contributed by atoms with Crippen LogP contribution in [0.15, 0.2) is 18.2 Å². The summed E-state index contributed by atoms with van der Waals surface area (Å²) in [5.41, 5.74) is 2.66. The number of aliphatic hydroxyl groups excluding tert-OH is 1. The van der Waals surface area contributed by atoms with Gasteiger partial charge in [0.15, 0.2) is 0 Å². The number of fused-ring (bicyclic) bond motifs is 1. The van der Waals surface area contributed by atoms with Crippen molar-refractivity contribution in [2.45, 2.75) is 32.1 Å². The molecule has 1 aromatic rings. The van der Waals surface area contributed by atoms with Gasteiger partial charge >= 0.3 is 0 Å². The van der Waals surface area contributed by atoms with Crippen LogP contribution >= 0.6 is 0 Å². The van der Waals surface area contributed by atoms with Gasteiger partial charge in [0.05, 0.1) is 6.61 Å². The fourth-order valence-corrected chi connectivity index (χ4v) is 2.07. The Balaban J connectivity index is 2.39. The monoisotopic (exact) mass is 206 g/mol. The smallest absolute Gasteiger partial charge is 0.123 e. The Kier molecular flexibility index (Phi) is 2.70. The summed E-state index contributed by atoms with van der Waals surface area (Å²) in [6.45, 7) is 5.51. The molecule has 0 radical (unpaired) electrons. The highest BCUT2D eigenvalue weighted by Gasteiger charge is 2.28. The van der Waals surface area contributed by atoms with Crippen LogP contribution in [0.3, 0.4) is 0 Å². The van der Waals surface area contributed by atoms with Crippen LogP contribution in [-0.4, -0.2) is 18.3 Å². The Morgan fingerprint density at radius 1 is 1.40 bits per heavy atom. The van der Waals surface area contributed by atoms with Gasteiger partial charge in [-0.25, -0.2) is 0 Å². The minimum Gasteiger partial charge on any atom is -0.493 e. The molecule has 82 valence electrons.